The predicted octanol–water partition coefficient (Wildman–Crippen LogP) is 5.67. The van der Waals surface area contributed by atoms with Crippen LogP contribution in [0.2, 0.25) is 0 Å². The highest BCUT2D eigenvalue weighted by molar-refractivity contribution is 5.75. The van der Waals surface area contributed by atoms with Crippen molar-refractivity contribution < 1.29 is 27.4 Å². The minimum Gasteiger partial charge on any atom is -0.496 e. The normalized spacial score (nSPS) is 20.7. The van der Waals surface area contributed by atoms with Gasteiger partial charge in [-0.3, -0.25) is 4.90 Å². The summed E-state index contributed by atoms with van der Waals surface area (Å²) in [6.07, 6.45) is -0.634. The van der Waals surface area contributed by atoms with Crippen molar-refractivity contribution in [3.8, 4) is 5.75 Å². The van der Waals surface area contributed by atoms with Crippen molar-refractivity contribution >= 4 is 11.7 Å². The van der Waals surface area contributed by atoms with Gasteiger partial charge in [-0.1, -0.05) is 42.5 Å². The molecule has 2 unspecified atom stereocenters. The number of hydrogen-bond donors (Lipinski definition) is 0. The quantitative estimate of drug-likeness (QED) is 0.643. The van der Waals surface area contributed by atoms with Gasteiger partial charge in [0, 0.05) is 6.04 Å². The summed E-state index contributed by atoms with van der Waals surface area (Å²) in [6, 6.07) is 13.3. The summed E-state index contributed by atoms with van der Waals surface area (Å²) in [5, 5.41) is 0. The molecule has 2 aromatic carbocycles. The molecule has 0 aliphatic carbocycles. The lowest BCUT2D eigenvalue weighted by Crippen LogP contribution is -2.43. The monoisotopic (exact) mass is 417 g/mol. The molecule has 2 aliphatic heterocycles. The number of amides is 1. The van der Waals surface area contributed by atoms with Gasteiger partial charge in [0.05, 0.1) is 18.7 Å². The van der Waals surface area contributed by atoms with Gasteiger partial charge >= 0.3 is 12.3 Å². The van der Waals surface area contributed by atoms with Gasteiger partial charge in [-0.25, -0.2) is 4.79 Å². The maximum atomic E-state index is 13.1. The van der Waals surface area contributed by atoms with Crippen LogP contribution in [0.5, 0.6) is 5.75 Å². The Bertz CT molecular complexity index is 956. The van der Waals surface area contributed by atoms with Gasteiger partial charge in [0.15, 0.2) is 0 Å². The van der Waals surface area contributed by atoms with Gasteiger partial charge in [-0.15, -0.1) is 0 Å². The zero-order valence-corrected chi connectivity index (χ0v) is 16.5. The SMILES string of the molecule is COc1cc(C2=CC3CCC(C2)N3C(=O)OCc2ccccc2)ccc1C(F)(F)F. The highest BCUT2D eigenvalue weighted by Crippen LogP contribution is 2.42. The Balaban J connectivity index is 1.50. The lowest BCUT2D eigenvalue weighted by atomic mass is 9.94. The summed E-state index contributed by atoms with van der Waals surface area (Å²) in [6.45, 7) is 0.211. The number of ether oxygens (including phenoxy) is 2. The van der Waals surface area contributed by atoms with Crippen LogP contribution in [0.3, 0.4) is 0 Å². The Morgan fingerprint density at radius 3 is 2.57 bits per heavy atom. The van der Waals surface area contributed by atoms with Gasteiger partial charge in [0.25, 0.3) is 0 Å². The van der Waals surface area contributed by atoms with Crippen LogP contribution in [0.1, 0.15) is 36.0 Å². The first kappa shape index (κ1) is 20.3. The zero-order valence-electron chi connectivity index (χ0n) is 16.5. The van der Waals surface area contributed by atoms with E-state index in [1.165, 1.54) is 19.2 Å². The Labute approximate surface area is 172 Å². The number of rotatable bonds is 4. The van der Waals surface area contributed by atoms with Gasteiger partial charge in [-0.05, 0) is 48.1 Å². The molecule has 2 aliphatic rings. The van der Waals surface area contributed by atoms with E-state index in [1.54, 1.807) is 4.90 Å². The van der Waals surface area contributed by atoms with Crippen LogP contribution < -0.4 is 4.74 Å². The Kier molecular flexibility index (Phi) is 5.45. The second-order valence-corrected chi connectivity index (χ2v) is 7.55. The Morgan fingerprint density at radius 2 is 1.90 bits per heavy atom. The molecule has 1 fully saturated rings. The second-order valence-electron chi connectivity index (χ2n) is 7.55. The fourth-order valence-electron chi connectivity index (χ4n) is 4.25. The fourth-order valence-corrected chi connectivity index (χ4v) is 4.25. The van der Waals surface area contributed by atoms with Crippen molar-refractivity contribution in [1.29, 1.82) is 0 Å². The lowest BCUT2D eigenvalue weighted by Gasteiger charge is -2.33. The number of halogens is 3. The fraction of sp³-hybridized carbons (Fsp3) is 0.348. The Hall–Kier alpha value is -2.96. The summed E-state index contributed by atoms with van der Waals surface area (Å²) >= 11 is 0. The van der Waals surface area contributed by atoms with Crippen LogP contribution in [0, 0.1) is 0 Å². The molecular weight excluding hydrogens is 395 g/mol. The van der Waals surface area contributed by atoms with E-state index in [2.05, 4.69) is 0 Å². The molecule has 30 heavy (non-hydrogen) atoms. The van der Waals surface area contributed by atoms with Crippen LogP contribution >= 0.6 is 0 Å². The van der Waals surface area contributed by atoms with Crippen LogP contribution in [0.25, 0.3) is 5.57 Å². The third-order valence-electron chi connectivity index (χ3n) is 5.69. The van der Waals surface area contributed by atoms with Crippen molar-refractivity contribution in [1.82, 2.24) is 4.90 Å². The molecule has 4 rings (SSSR count). The molecule has 2 heterocycles. The molecule has 0 spiro atoms. The third-order valence-corrected chi connectivity index (χ3v) is 5.69. The molecule has 0 N–H and O–H groups in total. The number of methoxy groups -OCH3 is 1. The van der Waals surface area contributed by atoms with Gasteiger partial charge in [0.1, 0.15) is 12.4 Å². The molecule has 2 aromatic rings. The number of carbonyl (C=O) groups is 1. The van der Waals surface area contributed by atoms with Gasteiger partial charge in [-0.2, -0.15) is 13.2 Å². The summed E-state index contributed by atoms with van der Waals surface area (Å²) in [5.41, 5.74) is 1.75. The Morgan fingerprint density at radius 1 is 1.13 bits per heavy atom. The van der Waals surface area contributed by atoms with E-state index < -0.39 is 11.7 Å². The molecule has 0 radical (unpaired) electrons. The van der Waals surface area contributed by atoms with E-state index in [-0.39, 0.29) is 30.5 Å². The van der Waals surface area contributed by atoms with E-state index in [1.807, 2.05) is 36.4 Å². The summed E-state index contributed by atoms with van der Waals surface area (Å²) in [5.74, 6) is -0.196. The van der Waals surface area contributed by atoms with Crippen LogP contribution in [-0.2, 0) is 17.5 Å². The lowest BCUT2D eigenvalue weighted by molar-refractivity contribution is -0.138. The van der Waals surface area contributed by atoms with Gasteiger partial charge < -0.3 is 9.47 Å². The van der Waals surface area contributed by atoms with Crippen molar-refractivity contribution in [2.24, 2.45) is 0 Å². The van der Waals surface area contributed by atoms with E-state index in [9.17, 15) is 18.0 Å². The molecular formula is C23H22F3NO3. The topological polar surface area (TPSA) is 38.8 Å². The van der Waals surface area contributed by atoms with Crippen molar-refractivity contribution in [3.05, 3.63) is 71.3 Å². The smallest absolute Gasteiger partial charge is 0.419 e. The van der Waals surface area contributed by atoms with Crippen molar-refractivity contribution in [3.63, 3.8) is 0 Å². The summed E-state index contributed by atoms with van der Waals surface area (Å²) in [7, 11) is 1.23. The highest BCUT2D eigenvalue weighted by atomic mass is 19.4. The number of carbonyl (C=O) groups excluding carboxylic acids is 1. The minimum absolute atomic E-state index is 0.0217. The van der Waals surface area contributed by atoms with Gasteiger partial charge in [0.2, 0.25) is 0 Å². The number of hydrogen-bond acceptors (Lipinski definition) is 3. The number of alkyl halides is 3. The van der Waals surface area contributed by atoms with E-state index in [4.69, 9.17) is 9.47 Å². The number of nitrogens with zero attached hydrogens (tertiary/aromatic N) is 1. The second kappa shape index (κ2) is 8.05. The zero-order chi connectivity index (χ0) is 21.3. The average Bonchev–Trinajstić information content (AvgIpc) is 3.01. The first-order valence-corrected chi connectivity index (χ1v) is 9.82. The highest BCUT2D eigenvalue weighted by Gasteiger charge is 2.41. The third kappa shape index (κ3) is 4.01. The molecule has 0 aromatic heterocycles. The van der Waals surface area contributed by atoms with E-state index >= 15 is 0 Å². The maximum Gasteiger partial charge on any atom is 0.419 e. The molecule has 0 saturated carbocycles. The van der Waals surface area contributed by atoms with E-state index in [0.29, 0.717) is 12.0 Å². The van der Waals surface area contributed by atoms with Crippen LogP contribution in [0.15, 0.2) is 54.6 Å². The standard InChI is InChI=1S/C23H22F3NO3/c1-29-21-13-16(7-10-20(21)23(24,25)26)17-11-18-8-9-19(12-17)27(18)22(28)30-14-15-5-3-2-4-6-15/h2-7,10-11,13,18-19H,8-9,12,14H2,1H3. The minimum atomic E-state index is -4.47. The molecule has 2 bridgehead atoms. The summed E-state index contributed by atoms with van der Waals surface area (Å²) < 4.78 is 49.8. The number of fused-ring (bicyclic) bond motifs is 2. The largest absolute Gasteiger partial charge is 0.496 e. The molecule has 4 nitrogen and oxygen atoms in total. The maximum absolute atomic E-state index is 13.1. The van der Waals surface area contributed by atoms with Crippen LogP contribution in [-0.4, -0.2) is 30.2 Å². The van der Waals surface area contributed by atoms with E-state index in [0.717, 1.165) is 30.0 Å². The average molecular weight is 417 g/mol. The summed E-state index contributed by atoms with van der Waals surface area (Å²) in [4.78, 5) is 14.4. The molecule has 2 atom stereocenters. The molecule has 158 valence electrons. The first-order chi connectivity index (χ1) is 14.4. The van der Waals surface area contributed by atoms with Crippen molar-refractivity contribution in [2.45, 2.75) is 44.1 Å². The molecule has 1 saturated heterocycles. The molecule has 1 amide bonds. The first-order valence-electron chi connectivity index (χ1n) is 9.82. The van der Waals surface area contributed by atoms with Crippen LogP contribution in [0.4, 0.5) is 18.0 Å². The predicted molar refractivity (Wildman–Crippen MR) is 106 cm³/mol. The van der Waals surface area contributed by atoms with Crippen molar-refractivity contribution in [2.75, 3.05) is 7.11 Å². The molecule has 7 heteroatoms. The number of benzene rings is 2.